The molecule has 1 aliphatic heterocycles. The monoisotopic (exact) mass is 318 g/mol. The van der Waals surface area contributed by atoms with E-state index in [4.69, 9.17) is 5.11 Å². The number of likely N-dealkylation sites (tertiary alicyclic amines) is 1. The lowest BCUT2D eigenvalue weighted by molar-refractivity contribution is -0.141. The molecule has 1 fully saturated rings. The lowest BCUT2D eigenvalue weighted by Gasteiger charge is -2.14. The number of aromatic nitrogens is 3. The van der Waals surface area contributed by atoms with Crippen molar-refractivity contribution in [1.82, 2.24) is 19.9 Å². The largest absolute Gasteiger partial charge is 0.481 e. The molecule has 0 aliphatic carbocycles. The average molecular weight is 318 g/mol. The van der Waals surface area contributed by atoms with Gasteiger partial charge in [-0.05, 0) is 37.6 Å². The van der Waals surface area contributed by atoms with Crippen molar-refractivity contribution < 1.29 is 19.1 Å². The number of carbonyl (C=O) groups excluding carboxylic acids is 1. The second-order valence-electron chi connectivity index (χ2n) is 5.49. The van der Waals surface area contributed by atoms with Crippen LogP contribution in [-0.2, 0) is 4.79 Å². The summed E-state index contributed by atoms with van der Waals surface area (Å²) in [4.78, 5) is 25.0. The number of halogens is 1. The zero-order valence-corrected chi connectivity index (χ0v) is 12.4. The summed E-state index contributed by atoms with van der Waals surface area (Å²) in [7, 11) is 0. The van der Waals surface area contributed by atoms with Crippen LogP contribution in [0.2, 0.25) is 0 Å². The van der Waals surface area contributed by atoms with Gasteiger partial charge in [-0.2, -0.15) is 0 Å². The maximum Gasteiger partial charge on any atom is 0.308 e. The van der Waals surface area contributed by atoms with Crippen molar-refractivity contribution in [3.63, 3.8) is 0 Å². The van der Waals surface area contributed by atoms with Crippen LogP contribution in [0.5, 0.6) is 0 Å². The van der Waals surface area contributed by atoms with Gasteiger partial charge in [0.05, 0.1) is 17.3 Å². The molecule has 0 bridgehead atoms. The number of rotatable bonds is 3. The van der Waals surface area contributed by atoms with Gasteiger partial charge in [0, 0.05) is 13.1 Å². The van der Waals surface area contributed by atoms with E-state index in [1.807, 2.05) is 0 Å². The summed E-state index contributed by atoms with van der Waals surface area (Å²) in [5.74, 6) is -2.13. The Morgan fingerprint density at radius 3 is 2.61 bits per heavy atom. The maximum atomic E-state index is 13.0. The van der Waals surface area contributed by atoms with E-state index in [2.05, 4.69) is 10.3 Å². The molecule has 0 radical (unpaired) electrons. The molecule has 1 aromatic heterocycles. The first-order valence-corrected chi connectivity index (χ1v) is 7.17. The van der Waals surface area contributed by atoms with Crippen LogP contribution < -0.4 is 0 Å². The number of carboxylic acids is 1. The summed E-state index contributed by atoms with van der Waals surface area (Å²) in [6.07, 6.45) is 0.437. The van der Waals surface area contributed by atoms with Crippen LogP contribution >= 0.6 is 0 Å². The van der Waals surface area contributed by atoms with Crippen molar-refractivity contribution in [2.24, 2.45) is 5.92 Å². The molecule has 2 aromatic rings. The van der Waals surface area contributed by atoms with Crippen LogP contribution in [0.15, 0.2) is 24.3 Å². The molecule has 1 aliphatic rings. The highest BCUT2D eigenvalue weighted by Crippen LogP contribution is 2.20. The number of hydrogen-bond donors (Lipinski definition) is 1. The van der Waals surface area contributed by atoms with Gasteiger partial charge < -0.3 is 10.0 Å². The van der Waals surface area contributed by atoms with E-state index in [1.165, 1.54) is 21.7 Å². The molecule has 1 aromatic carbocycles. The molecular weight excluding hydrogens is 303 g/mol. The van der Waals surface area contributed by atoms with Gasteiger partial charge >= 0.3 is 5.97 Å². The fourth-order valence-electron chi connectivity index (χ4n) is 2.65. The SMILES string of the molecule is Cc1c(C(=O)N2CC[C@@H](C(=O)O)C2)nnn1-c1ccc(F)cc1. The van der Waals surface area contributed by atoms with Crippen LogP contribution in [-0.4, -0.2) is 50.0 Å². The molecule has 0 saturated carbocycles. The molecule has 1 atom stereocenters. The van der Waals surface area contributed by atoms with Gasteiger partial charge in [0.15, 0.2) is 5.69 Å². The molecule has 0 spiro atoms. The van der Waals surface area contributed by atoms with Crippen LogP contribution in [0.4, 0.5) is 4.39 Å². The molecule has 7 nitrogen and oxygen atoms in total. The van der Waals surface area contributed by atoms with Gasteiger partial charge in [0.25, 0.3) is 5.91 Å². The number of hydrogen-bond acceptors (Lipinski definition) is 4. The third-order valence-corrected chi connectivity index (χ3v) is 3.99. The van der Waals surface area contributed by atoms with Crippen LogP contribution in [0, 0.1) is 18.7 Å². The maximum absolute atomic E-state index is 13.0. The Kier molecular flexibility index (Phi) is 3.81. The van der Waals surface area contributed by atoms with Crippen molar-refractivity contribution in [3.8, 4) is 5.69 Å². The van der Waals surface area contributed by atoms with Crippen molar-refractivity contribution in [1.29, 1.82) is 0 Å². The minimum Gasteiger partial charge on any atom is -0.481 e. The molecule has 8 heteroatoms. The van der Waals surface area contributed by atoms with E-state index in [9.17, 15) is 14.0 Å². The number of aliphatic carboxylic acids is 1. The van der Waals surface area contributed by atoms with Gasteiger partial charge in [-0.1, -0.05) is 5.21 Å². The van der Waals surface area contributed by atoms with E-state index in [0.29, 0.717) is 24.3 Å². The Bertz CT molecular complexity index is 757. The second-order valence-corrected chi connectivity index (χ2v) is 5.49. The zero-order valence-electron chi connectivity index (χ0n) is 12.4. The number of nitrogens with zero attached hydrogens (tertiary/aromatic N) is 4. The Morgan fingerprint density at radius 2 is 2.00 bits per heavy atom. The molecule has 0 unspecified atom stereocenters. The lowest BCUT2D eigenvalue weighted by atomic mass is 10.1. The lowest BCUT2D eigenvalue weighted by Crippen LogP contribution is -2.30. The first kappa shape index (κ1) is 15.1. The topological polar surface area (TPSA) is 88.3 Å². The smallest absolute Gasteiger partial charge is 0.308 e. The van der Waals surface area contributed by atoms with E-state index in [-0.39, 0.29) is 24.0 Å². The number of amides is 1. The molecule has 1 N–H and O–H groups in total. The standard InChI is InChI=1S/C15H15FN4O3/c1-9-13(14(21)19-7-6-10(8-19)15(22)23)17-18-20(9)12-4-2-11(16)3-5-12/h2-5,10H,6-8H2,1H3,(H,22,23)/t10-/m1/s1. The Labute approximate surface area is 131 Å². The van der Waals surface area contributed by atoms with E-state index in [0.717, 1.165) is 0 Å². The average Bonchev–Trinajstić information content (AvgIpc) is 3.15. The van der Waals surface area contributed by atoms with Crippen LogP contribution in [0.25, 0.3) is 5.69 Å². The van der Waals surface area contributed by atoms with E-state index in [1.54, 1.807) is 19.1 Å². The minimum atomic E-state index is -0.896. The predicted molar refractivity (Wildman–Crippen MR) is 77.7 cm³/mol. The molecule has 2 heterocycles. The summed E-state index contributed by atoms with van der Waals surface area (Å²) in [6.45, 7) is 2.26. The fourth-order valence-corrected chi connectivity index (χ4v) is 2.65. The zero-order chi connectivity index (χ0) is 16.6. The van der Waals surface area contributed by atoms with Gasteiger partial charge in [-0.25, -0.2) is 9.07 Å². The van der Waals surface area contributed by atoms with Crippen molar-refractivity contribution in [2.45, 2.75) is 13.3 Å². The molecule has 1 saturated heterocycles. The van der Waals surface area contributed by atoms with Crippen LogP contribution in [0.1, 0.15) is 22.6 Å². The Hall–Kier alpha value is -2.77. The number of benzene rings is 1. The predicted octanol–water partition coefficient (Wildman–Crippen LogP) is 1.26. The third-order valence-electron chi connectivity index (χ3n) is 3.99. The molecule has 120 valence electrons. The molecule has 3 rings (SSSR count). The Morgan fingerprint density at radius 1 is 1.30 bits per heavy atom. The minimum absolute atomic E-state index is 0.178. The highest BCUT2D eigenvalue weighted by molar-refractivity contribution is 5.94. The fraction of sp³-hybridized carbons (Fsp3) is 0.333. The van der Waals surface area contributed by atoms with E-state index < -0.39 is 11.9 Å². The summed E-state index contributed by atoms with van der Waals surface area (Å²) in [5, 5.41) is 16.9. The molecule has 23 heavy (non-hydrogen) atoms. The first-order chi connectivity index (χ1) is 11.0. The van der Waals surface area contributed by atoms with Gasteiger partial charge in [-0.3, -0.25) is 9.59 Å². The van der Waals surface area contributed by atoms with Crippen molar-refractivity contribution >= 4 is 11.9 Å². The molecular formula is C15H15FN4O3. The van der Waals surface area contributed by atoms with E-state index >= 15 is 0 Å². The van der Waals surface area contributed by atoms with Gasteiger partial charge in [0.1, 0.15) is 5.82 Å². The number of carbonyl (C=O) groups is 2. The van der Waals surface area contributed by atoms with Crippen LogP contribution in [0.3, 0.4) is 0 Å². The highest BCUT2D eigenvalue weighted by atomic mass is 19.1. The summed E-state index contributed by atoms with van der Waals surface area (Å²) in [5.41, 5.74) is 1.31. The third kappa shape index (κ3) is 2.79. The summed E-state index contributed by atoms with van der Waals surface area (Å²) >= 11 is 0. The normalized spacial score (nSPS) is 17.5. The van der Waals surface area contributed by atoms with Gasteiger partial charge in [0.2, 0.25) is 0 Å². The highest BCUT2D eigenvalue weighted by Gasteiger charge is 2.33. The quantitative estimate of drug-likeness (QED) is 0.920. The van der Waals surface area contributed by atoms with Crippen molar-refractivity contribution in [2.75, 3.05) is 13.1 Å². The van der Waals surface area contributed by atoms with Crippen molar-refractivity contribution in [3.05, 3.63) is 41.5 Å². The summed E-state index contributed by atoms with van der Waals surface area (Å²) in [6, 6.07) is 5.69. The first-order valence-electron chi connectivity index (χ1n) is 7.17. The summed E-state index contributed by atoms with van der Waals surface area (Å²) < 4.78 is 14.4. The number of carboxylic acid groups (broad SMARTS) is 1. The van der Waals surface area contributed by atoms with Gasteiger partial charge in [-0.15, -0.1) is 5.10 Å². The molecule has 1 amide bonds. The Balaban J connectivity index is 1.83. The second kappa shape index (κ2) is 5.79.